The third kappa shape index (κ3) is 4.95. The van der Waals surface area contributed by atoms with Crippen LogP contribution in [0.3, 0.4) is 0 Å². The number of benzene rings is 4. The van der Waals surface area contributed by atoms with E-state index >= 15 is 0 Å². The van der Waals surface area contributed by atoms with Crippen LogP contribution in [0.15, 0.2) is 121 Å². The van der Waals surface area contributed by atoms with E-state index in [2.05, 4.69) is 148 Å². The van der Waals surface area contributed by atoms with Crippen molar-refractivity contribution in [2.45, 2.75) is 0 Å². The van der Waals surface area contributed by atoms with Crippen LogP contribution in [0, 0.1) is 0 Å². The molecule has 0 amide bonds. The van der Waals surface area contributed by atoms with Crippen LogP contribution in [0.2, 0.25) is 0 Å². The molecule has 0 bridgehead atoms. The third-order valence-electron chi connectivity index (χ3n) is 6.85. The molecule has 4 aromatic carbocycles. The van der Waals surface area contributed by atoms with Crippen molar-refractivity contribution in [1.29, 1.82) is 0 Å². The zero-order valence-electron chi connectivity index (χ0n) is 20.8. The average molecular weight is 521 g/mol. The first-order valence-electron chi connectivity index (χ1n) is 11.9. The van der Waals surface area contributed by atoms with Gasteiger partial charge in [-0.2, -0.15) is 0 Å². The Bertz CT molecular complexity index is 970. The molecule has 0 unspecified atom stereocenters. The van der Waals surface area contributed by atoms with E-state index in [4.69, 9.17) is 0 Å². The van der Waals surface area contributed by atoms with Gasteiger partial charge in [-0.3, -0.25) is 0 Å². The van der Waals surface area contributed by atoms with Crippen LogP contribution < -0.4 is 21.2 Å². The van der Waals surface area contributed by atoms with Gasteiger partial charge in [0.2, 0.25) is 0 Å². The van der Waals surface area contributed by atoms with Gasteiger partial charge in [-0.25, -0.2) is 0 Å². The Kier molecular flexibility index (Phi) is 8.73. The first-order chi connectivity index (χ1) is 16.5. The maximum Gasteiger partial charge on any atom is 0.106 e. The first kappa shape index (κ1) is 25.7. The molecule has 0 N–H and O–H groups in total. The number of hydrogen-bond donors (Lipinski definition) is 0. The molecule has 0 aliphatic rings. The normalized spacial score (nSPS) is 12.3. The SMILES string of the molecule is CP(C)[P+](CC[P+](c1ccccc1)(c1ccccc1)P(C)C)(c1ccccc1)c1ccccc1. The molecular weight excluding hydrogens is 484 g/mol. The summed E-state index contributed by atoms with van der Waals surface area (Å²) in [6.45, 7) is 7.00. The van der Waals surface area contributed by atoms with E-state index < -0.39 is 13.9 Å². The largest absolute Gasteiger partial charge is 0.106 e. The van der Waals surface area contributed by atoms with Gasteiger partial charge in [0, 0.05) is 0 Å². The molecule has 0 aromatic heterocycles. The quantitative estimate of drug-likeness (QED) is 0.199. The fourth-order valence-electron chi connectivity index (χ4n) is 5.13. The molecule has 0 spiro atoms. The molecule has 0 radical (unpaired) electrons. The lowest BCUT2D eigenvalue weighted by Crippen LogP contribution is -2.29. The molecule has 0 heterocycles. The average Bonchev–Trinajstić information content (AvgIpc) is 2.89. The molecular formula is C30H36P4+2. The van der Waals surface area contributed by atoms with E-state index in [0.29, 0.717) is 0 Å². The van der Waals surface area contributed by atoms with E-state index in [1.54, 1.807) is 21.2 Å². The van der Waals surface area contributed by atoms with Crippen molar-refractivity contribution >= 4 is 50.3 Å². The van der Waals surface area contributed by atoms with Crippen molar-refractivity contribution in [2.75, 3.05) is 39.0 Å². The second-order valence-electron chi connectivity index (χ2n) is 9.02. The van der Waals surface area contributed by atoms with Crippen LogP contribution >= 0.6 is 29.1 Å². The summed E-state index contributed by atoms with van der Waals surface area (Å²) in [5.41, 5.74) is 0. The summed E-state index contributed by atoms with van der Waals surface area (Å²) in [5.74, 6) is 0. The number of hydrogen-bond acceptors (Lipinski definition) is 0. The van der Waals surface area contributed by atoms with Crippen LogP contribution in [0.1, 0.15) is 0 Å². The second kappa shape index (κ2) is 11.6. The summed E-state index contributed by atoms with van der Waals surface area (Å²) >= 11 is 0. The van der Waals surface area contributed by atoms with E-state index in [1.165, 1.54) is 12.3 Å². The van der Waals surface area contributed by atoms with Crippen LogP contribution in [0.25, 0.3) is 0 Å². The zero-order valence-corrected chi connectivity index (χ0v) is 24.3. The van der Waals surface area contributed by atoms with Gasteiger partial charge in [-0.15, -0.1) is 0 Å². The highest BCUT2D eigenvalue weighted by atomic mass is 32.1. The Balaban J connectivity index is 1.90. The van der Waals surface area contributed by atoms with E-state index in [1.807, 2.05) is 0 Å². The smallest absolute Gasteiger partial charge is 0.0620 e. The minimum absolute atomic E-state index is 0.175. The second-order valence-corrected chi connectivity index (χ2v) is 27.3. The minimum atomic E-state index is -1.55. The maximum atomic E-state index is 2.52. The van der Waals surface area contributed by atoms with E-state index in [0.717, 1.165) is 0 Å². The van der Waals surface area contributed by atoms with Gasteiger partial charge in [0.1, 0.15) is 47.4 Å². The van der Waals surface area contributed by atoms with Crippen molar-refractivity contribution < 1.29 is 0 Å². The summed E-state index contributed by atoms with van der Waals surface area (Å²) in [5, 5.41) is 6.31. The van der Waals surface area contributed by atoms with Gasteiger partial charge in [-0.05, 0) is 75.2 Å². The summed E-state index contributed by atoms with van der Waals surface area (Å²) in [4.78, 5) is 0. The zero-order chi connectivity index (χ0) is 24.0. The number of rotatable bonds is 9. The minimum Gasteiger partial charge on any atom is -0.0620 e. The summed E-state index contributed by atoms with van der Waals surface area (Å²) in [7, 11) is -0.350. The molecule has 0 atom stereocenters. The molecule has 174 valence electrons. The monoisotopic (exact) mass is 520 g/mol. The van der Waals surface area contributed by atoms with Crippen LogP contribution in [-0.2, 0) is 0 Å². The van der Waals surface area contributed by atoms with Gasteiger partial charge < -0.3 is 0 Å². The van der Waals surface area contributed by atoms with Crippen molar-refractivity contribution in [3.63, 3.8) is 0 Å². The Labute approximate surface area is 210 Å². The molecule has 0 nitrogen and oxygen atoms in total. The van der Waals surface area contributed by atoms with Crippen molar-refractivity contribution in [2.24, 2.45) is 0 Å². The summed E-state index contributed by atoms with van der Waals surface area (Å²) < 4.78 is 0. The highest BCUT2D eigenvalue weighted by molar-refractivity contribution is 8.46. The molecule has 0 fully saturated rings. The fraction of sp³-hybridized carbons (Fsp3) is 0.200. The lowest BCUT2D eigenvalue weighted by molar-refractivity contribution is 1.49. The van der Waals surface area contributed by atoms with Crippen LogP contribution in [0.4, 0.5) is 0 Å². The predicted molar refractivity (Wildman–Crippen MR) is 165 cm³/mol. The van der Waals surface area contributed by atoms with Crippen molar-refractivity contribution in [3.05, 3.63) is 121 Å². The summed E-state index contributed by atoms with van der Waals surface area (Å²) in [6, 6.07) is 45.9. The highest BCUT2D eigenvalue weighted by Crippen LogP contribution is 2.84. The Morgan fingerprint density at radius 3 is 0.765 bits per heavy atom. The van der Waals surface area contributed by atoms with Crippen molar-refractivity contribution in [3.8, 4) is 0 Å². The molecule has 0 saturated carbocycles. The Morgan fingerprint density at radius 2 is 0.588 bits per heavy atom. The molecule has 0 saturated heterocycles. The van der Waals surface area contributed by atoms with Gasteiger partial charge in [0.25, 0.3) is 0 Å². The first-order valence-corrected chi connectivity index (χ1v) is 21.7. The predicted octanol–water partition coefficient (Wildman–Crippen LogP) is 7.64. The maximum absolute atomic E-state index is 2.52. The standard InChI is InChI=1S/C30H36P4/c1-31(2)33(27-17-9-5-10-18-27,28-19-11-6-12-20-28)25-26-34(32(3)4,29-21-13-7-14-22-29)30-23-15-8-16-24-30/h5-24H,25-26H2,1-4H3/q+2. The lowest BCUT2D eigenvalue weighted by Gasteiger charge is -2.35. The highest BCUT2D eigenvalue weighted by Gasteiger charge is 2.53. The van der Waals surface area contributed by atoms with Gasteiger partial charge in [0.05, 0.1) is 15.2 Å². The molecule has 4 heteroatoms. The van der Waals surface area contributed by atoms with Gasteiger partial charge in [0.15, 0.2) is 0 Å². The molecule has 34 heavy (non-hydrogen) atoms. The van der Waals surface area contributed by atoms with E-state index in [9.17, 15) is 0 Å². The summed E-state index contributed by atoms with van der Waals surface area (Å²) in [6.07, 6.45) is 2.55. The van der Waals surface area contributed by atoms with Crippen LogP contribution in [-0.4, -0.2) is 39.0 Å². The fourth-order valence-corrected chi connectivity index (χ4v) is 25.5. The van der Waals surface area contributed by atoms with E-state index in [-0.39, 0.29) is 15.2 Å². The Morgan fingerprint density at radius 1 is 0.382 bits per heavy atom. The lowest BCUT2D eigenvalue weighted by atomic mass is 10.4. The third-order valence-corrected chi connectivity index (χ3v) is 28.4. The van der Waals surface area contributed by atoms with Crippen molar-refractivity contribution in [1.82, 2.24) is 0 Å². The molecule has 4 rings (SSSR count). The van der Waals surface area contributed by atoms with Gasteiger partial charge >= 0.3 is 0 Å². The topological polar surface area (TPSA) is 0 Å². The Hall–Kier alpha value is -1.40. The molecule has 0 aliphatic heterocycles. The molecule has 4 aromatic rings. The molecule has 0 aliphatic carbocycles. The van der Waals surface area contributed by atoms with Crippen LogP contribution in [0.5, 0.6) is 0 Å². The van der Waals surface area contributed by atoms with Gasteiger partial charge in [-0.1, -0.05) is 72.8 Å².